The molecule has 0 bridgehead atoms. The molecule has 128 valence electrons. The van der Waals surface area contributed by atoms with Crippen molar-refractivity contribution in [2.24, 2.45) is 16.5 Å². The molecule has 2 aliphatic rings. The molecule has 0 spiro atoms. The van der Waals surface area contributed by atoms with Crippen LogP contribution in [0.4, 0.5) is 4.39 Å². The van der Waals surface area contributed by atoms with E-state index in [1.54, 1.807) is 0 Å². The Bertz CT molecular complexity index is 545. The smallest absolute Gasteiger partial charge is 0.309 e. The first-order valence-corrected chi connectivity index (χ1v) is 7.89. The summed E-state index contributed by atoms with van der Waals surface area (Å²) in [7, 11) is 0. The zero-order valence-electron chi connectivity index (χ0n) is 13.8. The van der Waals surface area contributed by atoms with E-state index in [9.17, 15) is 14.3 Å². The molecule has 2 rings (SSSR count). The summed E-state index contributed by atoms with van der Waals surface area (Å²) < 4.78 is 18.8. The van der Waals surface area contributed by atoms with Crippen LogP contribution < -0.4 is 0 Å². The van der Waals surface area contributed by atoms with Gasteiger partial charge in [0.15, 0.2) is 5.83 Å². The molecule has 5 nitrogen and oxygen atoms in total. The van der Waals surface area contributed by atoms with Crippen molar-refractivity contribution >= 4 is 11.7 Å². The topological polar surface area (TPSA) is 68.1 Å². The second kappa shape index (κ2) is 7.15. The van der Waals surface area contributed by atoms with Gasteiger partial charge in [-0.1, -0.05) is 25.9 Å². The Morgan fingerprint density at radius 1 is 1.52 bits per heavy atom. The Kier molecular flexibility index (Phi) is 5.44. The first kappa shape index (κ1) is 17.5. The van der Waals surface area contributed by atoms with Crippen LogP contribution in [0.1, 0.15) is 46.5 Å². The lowest BCUT2D eigenvalue weighted by Gasteiger charge is -2.18. The maximum Gasteiger partial charge on any atom is 0.309 e. The Morgan fingerprint density at radius 3 is 2.96 bits per heavy atom. The number of esters is 1. The van der Waals surface area contributed by atoms with Crippen LogP contribution in [0.15, 0.2) is 28.9 Å². The molecular weight excluding hydrogens is 301 g/mol. The molecular formula is C17H24FNO4. The fourth-order valence-electron chi connectivity index (χ4n) is 2.43. The zero-order chi connectivity index (χ0) is 17.0. The van der Waals surface area contributed by atoms with E-state index in [2.05, 4.69) is 5.16 Å². The number of carbonyl (C=O) groups excluding carboxylic acids is 1. The molecule has 6 heteroatoms. The van der Waals surface area contributed by atoms with Crippen molar-refractivity contribution in [3.8, 4) is 0 Å². The van der Waals surface area contributed by atoms with E-state index < -0.39 is 5.83 Å². The van der Waals surface area contributed by atoms with Gasteiger partial charge in [0.25, 0.3) is 0 Å². The minimum Gasteiger partial charge on any atom is -0.505 e. The second-order valence-corrected chi connectivity index (χ2v) is 7.23. The van der Waals surface area contributed by atoms with E-state index in [-0.39, 0.29) is 35.6 Å². The first-order chi connectivity index (χ1) is 10.7. The number of carbonyl (C=O) groups is 1. The molecule has 0 radical (unpaired) electrons. The summed E-state index contributed by atoms with van der Waals surface area (Å²) in [5.74, 6) is -1.49. The highest BCUT2D eigenvalue weighted by Crippen LogP contribution is 2.28. The maximum absolute atomic E-state index is 13.6. The number of nitrogens with zero attached hydrogens (tertiary/aromatic N) is 1. The van der Waals surface area contributed by atoms with Crippen LogP contribution in [0.2, 0.25) is 0 Å². The van der Waals surface area contributed by atoms with Crippen LogP contribution >= 0.6 is 0 Å². The van der Waals surface area contributed by atoms with Crippen molar-refractivity contribution in [1.29, 1.82) is 0 Å². The van der Waals surface area contributed by atoms with Crippen LogP contribution in [-0.2, 0) is 14.4 Å². The highest BCUT2D eigenvalue weighted by molar-refractivity contribution is 5.90. The molecule has 1 heterocycles. The number of halogens is 1. The number of allylic oxidation sites excluding steroid dienone is 3. The molecule has 0 saturated carbocycles. The van der Waals surface area contributed by atoms with Crippen molar-refractivity contribution in [1.82, 2.24) is 0 Å². The third kappa shape index (κ3) is 5.37. The van der Waals surface area contributed by atoms with Gasteiger partial charge in [-0.2, -0.15) is 0 Å². The number of oxime groups is 1. The van der Waals surface area contributed by atoms with Gasteiger partial charge >= 0.3 is 5.97 Å². The summed E-state index contributed by atoms with van der Waals surface area (Å²) in [5, 5.41) is 13.4. The van der Waals surface area contributed by atoms with E-state index >= 15 is 0 Å². The third-order valence-corrected chi connectivity index (χ3v) is 3.65. The molecule has 1 N–H and O–H groups in total. The summed E-state index contributed by atoms with van der Waals surface area (Å²) in [4.78, 5) is 17.1. The predicted molar refractivity (Wildman–Crippen MR) is 84.6 cm³/mol. The SMILES string of the molecule is CC(C)(C)COC(=O)CC1CC(C2C=C(F)C(O)=CCC2)=NO1. The molecule has 23 heavy (non-hydrogen) atoms. The highest BCUT2D eigenvalue weighted by Gasteiger charge is 2.30. The molecule has 0 aromatic heterocycles. The van der Waals surface area contributed by atoms with Crippen LogP contribution in [0.3, 0.4) is 0 Å². The first-order valence-electron chi connectivity index (χ1n) is 7.89. The lowest BCUT2D eigenvalue weighted by atomic mass is 9.94. The molecule has 0 fully saturated rings. The third-order valence-electron chi connectivity index (χ3n) is 3.65. The molecule has 0 aromatic rings. The monoisotopic (exact) mass is 325 g/mol. The van der Waals surface area contributed by atoms with Crippen molar-refractivity contribution in [3.63, 3.8) is 0 Å². The molecule has 2 unspecified atom stereocenters. The van der Waals surface area contributed by atoms with Crippen molar-refractivity contribution in [2.75, 3.05) is 6.61 Å². The lowest BCUT2D eigenvalue weighted by Crippen LogP contribution is -2.22. The lowest BCUT2D eigenvalue weighted by molar-refractivity contribution is -0.149. The Hall–Kier alpha value is -1.85. The number of ether oxygens (including phenoxy) is 1. The minimum absolute atomic E-state index is 0.0779. The molecule has 0 aromatic carbocycles. The zero-order valence-corrected chi connectivity index (χ0v) is 13.8. The van der Waals surface area contributed by atoms with Crippen LogP contribution in [-0.4, -0.2) is 29.5 Å². The predicted octanol–water partition coefficient (Wildman–Crippen LogP) is 3.82. The molecule has 1 aliphatic carbocycles. The van der Waals surface area contributed by atoms with Gasteiger partial charge in [0, 0.05) is 12.3 Å². The van der Waals surface area contributed by atoms with E-state index in [0.717, 1.165) is 0 Å². The Balaban J connectivity index is 1.83. The maximum atomic E-state index is 13.6. The van der Waals surface area contributed by atoms with Crippen molar-refractivity contribution < 1.29 is 23.9 Å². The van der Waals surface area contributed by atoms with Gasteiger partial charge in [0.05, 0.1) is 18.7 Å². The molecule has 0 saturated heterocycles. The number of hydrogen-bond donors (Lipinski definition) is 1. The number of rotatable bonds is 4. The fourth-order valence-corrected chi connectivity index (χ4v) is 2.43. The largest absolute Gasteiger partial charge is 0.505 e. The average molecular weight is 325 g/mol. The molecule has 0 amide bonds. The van der Waals surface area contributed by atoms with Crippen molar-refractivity contribution in [3.05, 3.63) is 23.7 Å². The number of hydrogen-bond acceptors (Lipinski definition) is 5. The van der Waals surface area contributed by atoms with Gasteiger partial charge in [0.1, 0.15) is 11.9 Å². The summed E-state index contributed by atoms with van der Waals surface area (Å²) in [5.41, 5.74) is 0.628. The van der Waals surface area contributed by atoms with E-state index in [0.29, 0.717) is 31.6 Å². The quantitative estimate of drug-likeness (QED) is 0.798. The van der Waals surface area contributed by atoms with Crippen LogP contribution in [0.5, 0.6) is 0 Å². The summed E-state index contributed by atoms with van der Waals surface area (Å²) in [6, 6.07) is 0. The van der Waals surface area contributed by atoms with Gasteiger partial charge in [0.2, 0.25) is 0 Å². The van der Waals surface area contributed by atoms with Crippen LogP contribution in [0.25, 0.3) is 0 Å². The molecule has 2 atom stereocenters. The van der Waals surface area contributed by atoms with Gasteiger partial charge in [-0.3, -0.25) is 4.79 Å². The van der Waals surface area contributed by atoms with E-state index in [1.165, 1.54) is 12.2 Å². The average Bonchev–Trinajstić information content (AvgIpc) is 2.84. The van der Waals surface area contributed by atoms with E-state index in [4.69, 9.17) is 9.57 Å². The number of aliphatic hydroxyl groups is 1. The minimum atomic E-state index is -0.636. The van der Waals surface area contributed by atoms with Crippen LogP contribution in [0, 0.1) is 11.3 Å². The van der Waals surface area contributed by atoms with Crippen molar-refractivity contribution in [2.45, 2.75) is 52.6 Å². The van der Waals surface area contributed by atoms with Gasteiger partial charge < -0.3 is 14.7 Å². The summed E-state index contributed by atoms with van der Waals surface area (Å²) in [6.45, 7) is 6.33. The Morgan fingerprint density at radius 2 is 2.26 bits per heavy atom. The highest BCUT2D eigenvalue weighted by atomic mass is 19.1. The van der Waals surface area contributed by atoms with Gasteiger partial charge in [-0.25, -0.2) is 4.39 Å². The standard InChI is InChI=1S/C17H24FNO4/c1-17(2,3)10-22-16(21)9-12-8-14(19-23-12)11-5-4-6-15(20)13(18)7-11/h6-7,11-12,20H,4-5,8-10H2,1-3H3. The number of aliphatic hydroxyl groups excluding tert-OH is 1. The van der Waals surface area contributed by atoms with Gasteiger partial charge in [-0.15, -0.1) is 0 Å². The van der Waals surface area contributed by atoms with E-state index in [1.807, 2.05) is 20.8 Å². The Labute approximate surface area is 135 Å². The summed E-state index contributed by atoms with van der Waals surface area (Å²) >= 11 is 0. The second-order valence-electron chi connectivity index (χ2n) is 7.23. The summed E-state index contributed by atoms with van der Waals surface area (Å²) in [6.07, 6.45) is 4.29. The normalized spacial score (nSPS) is 25.0. The van der Waals surface area contributed by atoms with Gasteiger partial charge in [-0.05, 0) is 30.4 Å². The fraction of sp³-hybridized carbons (Fsp3) is 0.647. The molecule has 1 aliphatic heterocycles.